The molecule has 1 aliphatic rings. The number of aromatic nitrogens is 3. The fourth-order valence-electron chi connectivity index (χ4n) is 2.11. The molecule has 1 atom stereocenters. The highest BCUT2D eigenvalue weighted by Crippen LogP contribution is 2.37. The van der Waals surface area contributed by atoms with E-state index in [-0.39, 0.29) is 17.8 Å². The molecule has 1 N–H and O–H groups in total. The van der Waals surface area contributed by atoms with Crippen molar-refractivity contribution in [1.29, 1.82) is 0 Å². The average molecular weight is 290 g/mol. The molecule has 20 heavy (non-hydrogen) atoms. The van der Waals surface area contributed by atoms with Crippen molar-refractivity contribution in [2.45, 2.75) is 38.6 Å². The molecule has 0 aromatic carbocycles. The molecule has 1 unspecified atom stereocenters. The largest absolute Gasteiger partial charge is 0.331 e. The third-order valence-corrected chi connectivity index (χ3v) is 4.90. The summed E-state index contributed by atoms with van der Waals surface area (Å²) in [6, 6.07) is 4.18. The molecule has 1 amide bonds. The molecule has 2 heterocycles. The molecule has 0 spiro atoms. The maximum atomic E-state index is 12.4. The minimum Gasteiger partial charge on any atom is -0.331 e. The maximum Gasteiger partial charge on any atom is 0.293 e. The predicted octanol–water partition coefficient (Wildman–Crippen LogP) is 2.89. The summed E-state index contributed by atoms with van der Waals surface area (Å²) in [5, 5.41) is 6.94. The first-order chi connectivity index (χ1) is 9.56. The van der Waals surface area contributed by atoms with Crippen LogP contribution in [0.25, 0.3) is 0 Å². The van der Waals surface area contributed by atoms with Gasteiger partial charge in [-0.2, -0.15) is 0 Å². The summed E-state index contributed by atoms with van der Waals surface area (Å²) in [6.07, 6.45) is 2.28. The van der Waals surface area contributed by atoms with Gasteiger partial charge in [0.2, 0.25) is 5.82 Å². The third kappa shape index (κ3) is 2.47. The Morgan fingerprint density at radius 1 is 1.50 bits per heavy atom. The Balaban J connectivity index is 1.74. The summed E-state index contributed by atoms with van der Waals surface area (Å²) in [7, 11) is 1.80. The summed E-state index contributed by atoms with van der Waals surface area (Å²) in [5.74, 6) is 1.47. The first-order valence-corrected chi connectivity index (χ1v) is 7.63. The summed E-state index contributed by atoms with van der Waals surface area (Å²) < 4.78 is 0. The second-order valence-electron chi connectivity index (χ2n) is 5.36. The molecule has 2 aromatic rings. The zero-order valence-corrected chi connectivity index (χ0v) is 12.7. The monoisotopic (exact) mass is 290 g/mol. The number of carbonyl (C=O) groups is 1. The molecule has 6 heteroatoms. The van der Waals surface area contributed by atoms with Crippen molar-refractivity contribution in [1.82, 2.24) is 20.1 Å². The van der Waals surface area contributed by atoms with Gasteiger partial charge < -0.3 is 4.90 Å². The molecule has 1 aliphatic carbocycles. The molecular formula is C14H18N4OS. The lowest BCUT2D eigenvalue weighted by atomic mass is 10.2. The number of aromatic amines is 1. The first-order valence-electron chi connectivity index (χ1n) is 6.82. The Morgan fingerprint density at radius 2 is 2.25 bits per heavy atom. The van der Waals surface area contributed by atoms with Crippen molar-refractivity contribution < 1.29 is 4.79 Å². The standard InChI is InChI=1S/C14H18N4OS/c1-8-4-7-11(20-8)9(2)18(3)14(19)13-15-12(16-17-13)10-5-6-10/h4,7,9-10H,5-6H2,1-3H3,(H,15,16,17). The van der Waals surface area contributed by atoms with Gasteiger partial charge in [0.15, 0.2) is 0 Å². The van der Waals surface area contributed by atoms with E-state index in [1.807, 2.05) is 6.92 Å². The average Bonchev–Trinajstić information content (AvgIpc) is 3.01. The number of amides is 1. The van der Waals surface area contributed by atoms with E-state index in [2.05, 4.69) is 34.2 Å². The Kier molecular flexibility index (Phi) is 3.33. The second kappa shape index (κ2) is 5.01. The number of thiophene rings is 1. The number of aryl methyl sites for hydroxylation is 1. The molecule has 0 saturated heterocycles. The molecule has 3 rings (SSSR count). The minimum atomic E-state index is -0.133. The van der Waals surface area contributed by atoms with Crippen LogP contribution in [0.3, 0.4) is 0 Å². The number of hydrogen-bond acceptors (Lipinski definition) is 4. The highest BCUT2D eigenvalue weighted by molar-refractivity contribution is 7.12. The maximum absolute atomic E-state index is 12.4. The van der Waals surface area contributed by atoms with Crippen LogP contribution in [-0.4, -0.2) is 33.0 Å². The lowest BCUT2D eigenvalue weighted by Gasteiger charge is -2.22. The van der Waals surface area contributed by atoms with Gasteiger partial charge in [-0.25, -0.2) is 4.98 Å². The van der Waals surface area contributed by atoms with Crippen molar-refractivity contribution >= 4 is 17.2 Å². The van der Waals surface area contributed by atoms with E-state index in [9.17, 15) is 4.79 Å². The van der Waals surface area contributed by atoms with E-state index >= 15 is 0 Å². The van der Waals surface area contributed by atoms with Crippen molar-refractivity contribution in [2.75, 3.05) is 7.05 Å². The first kappa shape index (κ1) is 13.3. The molecule has 0 radical (unpaired) electrons. The zero-order chi connectivity index (χ0) is 14.3. The van der Waals surface area contributed by atoms with Crippen LogP contribution in [0.4, 0.5) is 0 Å². The SMILES string of the molecule is Cc1ccc(C(C)N(C)C(=O)c2n[nH]c(C3CC3)n2)s1. The summed E-state index contributed by atoms with van der Waals surface area (Å²) in [5.41, 5.74) is 0. The number of rotatable bonds is 4. The van der Waals surface area contributed by atoms with Crippen molar-refractivity contribution in [3.8, 4) is 0 Å². The Labute approximate surface area is 122 Å². The van der Waals surface area contributed by atoms with Crippen molar-refractivity contribution in [3.63, 3.8) is 0 Å². The van der Waals surface area contributed by atoms with E-state index in [1.54, 1.807) is 23.3 Å². The van der Waals surface area contributed by atoms with Crippen molar-refractivity contribution in [3.05, 3.63) is 33.5 Å². The Bertz CT molecular complexity index is 629. The highest BCUT2D eigenvalue weighted by Gasteiger charge is 2.29. The lowest BCUT2D eigenvalue weighted by molar-refractivity contribution is 0.0733. The van der Waals surface area contributed by atoms with Crippen molar-refractivity contribution in [2.24, 2.45) is 0 Å². The van der Waals surface area contributed by atoms with Crippen LogP contribution in [0.1, 0.15) is 57.9 Å². The highest BCUT2D eigenvalue weighted by atomic mass is 32.1. The molecule has 0 aliphatic heterocycles. The van der Waals surface area contributed by atoms with E-state index in [1.165, 1.54) is 9.75 Å². The Hall–Kier alpha value is -1.69. The molecular weight excluding hydrogens is 272 g/mol. The number of nitrogens with zero attached hydrogens (tertiary/aromatic N) is 3. The molecule has 106 valence electrons. The van der Waals surface area contributed by atoms with Gasteiger partial charge in [-0.05, 0) is 38.8 Å². The third-order valence-electron chi connectivity index (χ3n) is 3.73. The second-order valence-corrected chi connectivity index (χ2v) is 6.68. The van der Waals surface area contributed by atoms with Crippen LogP contribution in [0.15, 0.2) is 12.1 Å². The lowest BCUT2D eigenvalue weighted by Crippen LogP contribution is -2.30. The van der Waals surface area contributed by atoms with Gasteiger partial charge in [0.05, 0.1) is 6.04 Å². The summed E-state index contributed by atoms with van der Waals surface area (Å²) in [6.45, 7) is 4.09. The molecule has 2 aromatic heterocycles. The predicted molar refractivity (Wildman–Crippen MR) is 77.9 cm³/mol. The van der Waals surface area contributed by atoms with Gasteiger partial charge >= 0.3 is 0 Å². The van der Waals surface area contributed by atoms with Gasteiger partial charge in [-0.3, -0.25) is 9.89 Å². The van der Waals surface area contributed by atoms with Crippen LogP contribution < -0.4 is 0 Å². The smallest absolute Gasteiger partial charge is 0.293 e. The van der Waals surface area contributed by atoms with Crippen LogP contribution in [0, 0.1) is 6.92 Å². The van der Waals surface area contributed by atoms with E-state index in [4.69, 9.17) is 0 Å². The molecule has 1 fully saturated rings. The fraction of sp³-hybridized carbons (Fsp3) is 0.500. The van der Waals surface area contributed by atoms with E-state index in [0.29, 0.717) is 5.92 Å². The Morgan fingerprint density at radius 3 is 2.85 bits per heavy atom. The molecule has 1 saturated carbocycles. The topological polar surface area (TPSA) is 61.9 Å². The number of carbonyl (C=O) groups excluding carboxylic acids is 1. The van der Waals surface area contributed by atoms with E-state index < -0.39 is 0 Å². The minimum absolute atomic E-state index is 0.0316. The quantitative estimate of drug-likeness (QED) is 0.941. The molecule has 0 bridgehead atoms. The normalized spacial score (nSPS) is 16.1. The van der Waals surface area contributed by atoms with Crippen LogP contribution in [-0.2, 0) is 0 Å². The van der Waals surface area contributed by atoms with Crippen LogP contribution in [0.5, 0.6) is 0 Å². The zero-order valence-electron chi connectivity index (χ0n) is 11.9. The summed E-state index contributed by atoms with van der Waals surface area (Å²) >= 11 is 1.71. The molecule has 5 nitrogen and oxygen atoms in total. The number of H-pyrrole nitrogens is 1. The van der Waals surface area contributed by atoms with Gasteiger partial charge in [-0.15, -0.1) is 16.4 Å². The number of hydrogen-bond donors (Lipinski definition) is 1. The fourth-order valence-corrected chi connectivity index (χ4v) is 3.08. The van der Waals surface area contributed by atoms with Gasteiger partial charge in [-0.1, -0.05) is 0 Å². The number of nitrogens with one attached hydrogen (secondary N) is 1. The summed E-state index contributed by atoms with van der Waals surface area (Å²) in [4.78, 5) is 20.9. The van der Waals surface area contributed by atoms with Crippen LogP contribution >= 0.6 is 11.3 Å². The van der Waals surface area contributed by atoms with Crippen LogP contribution in [0.2, 0.25) is 0 Å². The van der Waals surface area contributed by atoms with Gasteiger partial charge in [0, 0.05) is 22.7 Å². The van der Waals surface area contributed by atoms with Gasteiger partial charge in [0.25, 0.3) is 5.91 Å². The van der Waals surface area contributed by atoms with E-state index in [0.717, 1.165) is 18.7 Å². The van der Waals surface area contributed by atoms with Gasteiger partial charge in [0.1, 0.15) is 5.82 Å².